The second-order valence-corrected chi connectivity index (χ2v) is 12.3. The van der Waals surface area contributed by atoms with E-state index in [0.29, 0.717) is 13.1 Å². The molecule has 0 bridgehead atoms. The average molecular weight is 510 g/mol. The predicted molar refractivity (Wildman–Crippen MR) is 131 cm³/mol. The highest BCUT2D eigenvalue weighted by atomic mass is 32.2. The molecule has 1 fully saturated rings. The number of anilines is 1. The molecule has 0 aromatic heterocycles. The van der Waals surface area contributed by atoms with Crippen molar-refractivity contribution in [1.29, 1.82) is 0 Å². The maximum Gasteiger partial charge on any atom is 0.246 e. The van der Waals surface area contributed by atoms with Gasteiger partial charge in [-0.15, -0.1) is 0 Å². The zero-order valence-corrected chi connectivity index (χ0v) is 21.3. The Morgan fingerprint density at radius 1 is 1.03 bits per heavy atom. The summed E-state index contributed by atoms with van der Waals surface area (Å²) in [6.07, 6.45) is 3.62. The number of benzene rings is 2. The van der Waals surface area contributed by atoms with E-state index in [9.17, 15) is 21.6 Å². The quantitative estimate of drug-likeness (QED) is 0.556. The highest BCUT2D eigenvalue weighted by Crippen LogP contribution is 2.31. The van der Waals surface area contributed by atoms with Crippen LogP contribution < -0.4 is 10.1 Å². The fourth-order valence-corrected chi connectivity index (χ4v) is 6.18. The monoisotopic (exact) mass is 509 g/mol. The fraction of sp³-hybridized carbons (Fsp3) is 0.435. The third-order valence-corrected chi connectivity index (χ3v) is 8.76. The van der Waals surface area contributed by atoms with Gasteiger partial charge in [-0.05, 0) is 43.5 Å². The zero-order valence-electron chi connectivity index (χ0n) is 19.7. The fourth-order valence-electron chi connectivity index (χ4n) is 3.75. The third kappa shape index (κ3) is 6.56. The average Bonchev–Trinajstić information content (AvgIpc) is 2.80. The van der Waals surface area contributed by atoms with E-state index < -0.39 is 32.5 Å². The number of methoxy groups -OCH3 is 1. The SMILES string of the molecule is COc1ccc(NC(=O)CN(Cc2ccc(C)cc2)S(C)(=O)=O)cc1S(=O)(=O)N1CCCCC1. The number of ether oxygens (including phenoxy) is 1. The van der Waals surface area contributed by atoms with E-state index in [1.807, 2.05) is 31.2 Å². The van der Waals surface area contributed by atoms with Crippen LogP contribution in [0, 0.1) is 6.92 Å². The van der Waals surface area contributed by atoms with Crippen molar-refractivity contribution in [3.8, 4) is 5.75 Å². The molecule has 11 heteroatoms. The summed E-state index contributed by atoms with van der Waals surface area (Å²) < 4.78 is 58.7. The topological polar surface area (TPSA) is 113 Å². The Bertz CT molecular complexity index is 1220. The van der Waals surface area contributed by atoms with Crippen LogP contribution in [0.2, 0.25) is 0 Å². The molecule has 1 heterocycles. The van der Waals surface area contributed by atoms with Gasteiger partial charge in [0.2, 0.25) is 26.0 Å². The lowest BCUT2D eigenvalue weighted by atomic mass is 10.1. The molecule has 1 aliphatic heterocycles. The molecule has 1 amide bonds. The molecule has 2 aromatic carbocycles. The molecule has 186 valence electrons. The number of aryl methyl sites for hydroxylation is 1. The van der Waals surface area contributed by atoms with E-state index in [2.05, 4.69) is 5.32 Å². The van der Waals surface area contributed by atoms with Crippen LogP contribution in [0.4, 0.5) is 5.69 Å². The van der Waals surface area contributed by atoms with Gasteiger partial charge in [-0.2, -0.15) is 8.61 Å². The molecule has 2 aromatic rings. The lowest BCUT2D eigenvalue weighted by Gasteiger charge is -2.26. The van der Waals surface area contributed by atoms with Crippen LogP contribution in [-0.2, 0) is 31.4 Å². The van der Waals surface area contributed by atoms with Crippen LogP contribution in [0.3, 0.4) is 0 Å². The maximum atomic E-state index is 13.2. The van der Waals surface area contributed by atoms with Crippen LogP contribution in [-0.4, -0.2) is 64.4 Å². The third-order valence-electron chi connectivity index (χ3n) is 5.65. The smallest absolute Gasteiger partial charge is 0.246 e. The predicted octanol–water partition coefficient (Wildman–Crippen LogP) is 2.58. The number of hydrogen-bond donors (Lipinski definition) is 1. The minimum Gasteiger partial charge on any atom is -0.495 e. The molecular weight excluding hydrogens is 478 g/mol. The summed E-state index contributed by atoms with van der Waals surface area (Å²) in [6.45, 7) is 2.44. The number of carbonyl (C=O) groups excluding carboxylic acids is 1. The summed E-state index contributed by atoms with van der Waals surface area (Å²) in [5.41, 5.74) is 2.04. The van der Waals surface area contributed by atoms with Gasteiger partial charge in [-0.3, -0.25) is 4.79 Å². The Hall–Kier alpha value is -2.47. The van der Waals surface area contributed by atoms with E-state index in [4.69, 9.17) is 4.74 Å². The lowest BCUT2D eigenvalue weighted by Crippen LogP contribution is -2.37. The summed E-state index contributed by atoms with van der Waals surface area (Å²) in [5, 5.41) is 2.62. The van der Waals surface area contributed by atoms with Gasteiger partial charge in [0.25, 0.3) is 0 Å². The molecule has 1 saturated heterocycles. The van der Waals surface area contributed by atoms with E-state index in [0.717, 1.165) is 41.0 Å². The number of hydrogen-bond acceptors (Lipinski definition) is 6. The first-order valence-electron chi connectivity index (χ1n) is 11.0. The molecule has 1 N–H and O–H groups in total. The first kappa shape index (κ1) is 26.1. The minimum atomic E-state index is -3.80. The molecule has 9 nitrogen and oxygen atoms in total. The number of sulfonamides is 2. The first-order valence-corrected chi connectivity index (χ1v) is 14.3. The summed E-state index contributed by atoms with van der Waals surface area (Å²) >= 11 is 0. The number of piperidine rings is 1. The number of rotatable bonds is 9. The highest BCUT2D eigenvalue weighted by Gasteiger charge is 2.29. The van der Waals surface area contributed by atoms with E-state index >= 15 is 0 Å². The van der Waals surface area contributed by atoms with Gasteiger partial charge >= 0.3 is 0 Å². The largest absolute Gasteiger partial charge is 0.495 e. The van der Waals surface area contributed by atoms with Gasteiger partial charge in [-0.25, -0.2) is 16.8 Å². The molecule has 0 saturated carbocycles. The molecule has 1 aliphatic rings. The summed E-state index contributed by atoms with van der Waals surface area (Å²) in [5.74, 6) is -0.398. The second-order valence-electron chi connectivity index (χ2n) is 8.40. The Morgan fingerprint density at radius 3 is 2.26 bits per heavy atom. The number of nitrogens with one attached hydrogen (secondary N) is 1. The molecule has 3 rings (SSSR count). The van der Waals surface area contributed by atoms with E-state index in [1.54, 1.807) is 0 Å². The Kier molecular flexibility index (Phi) is 8.34. The van der Waals surface area contributed by atoms with Gasteiger partial charge < -0.3 is 10.1 Å². The first-order chi connectivity index (χ1) is 16.0. The molecule has 0 aliphatic carbocycles. The van der Waals surface area contributed by atoms with Crippen molar-refractivity contribution in [3.05, 3.63) is 53.6 Å². The van der Waals surface area contributed by atoms with Gasteiger partial charge in [0.05, 0.1) is 19.9 Å². The summed E-state index contributed by atoms with van der Waals surface area (Å²) in [7, 11) is -6.08. The van der Waals surface area contributed by atoms with Crippen LogP contribution in [0.1, 0.15) is 30.4 Å². The van der Waals surface area contributed by atoms with E-state index in [-0.39, 0.29) is 22.9 Å². The van der Waals surface area contributed by atoms with Crippen molar-refractivity contribution in [2.75, 3.05) is 38.3 Å². The molecule has 0 radical (unpaired) electrons. The van der Waals surface area contributed by atoms with Gasteiger partial charge in [0.1, 0.15) is 10.6 Å². The summed E-state index contributed by atoms with van der Waals surface area (Å²) in [6, 6.07) is 11.7. The zero-order chi connectivity index (χ0) is 24.9. The number of carbonyl (C=O) groups is 1. The van der Waals surface area contributed by atoms with Crippen molar-refractivity contribution < 1.29 is 26.4 Å². The highest BCUT2D eigenvalue weighted by molar-refractivity contribution is 7.89. The van der Waals surface area contributed by atoms with Crippen molar-refractivity contribution in [2.24, 2.45) is 0 Å². The number of nitrogens with zero attached hydrogens (tertiary/aromatic N) is 2. The standard InChI is InChI=1S/C23H31N3O6S2/c1-18-7-9-19(10-8-18)16-26(33(3,28)29)17-23(27)24-20-11-12-21(32-2)22(15-20)34(30,31)25-13-5-4-6-14-25/h7-12,15H,4-6,13-14,16-17H2,1-3H3,(H,24,27). The Morgan fingerprint density at radius 2 is 1.68 bits per heavy atom. The molecule has 0 spiro atoms. The lowest BCUT2D eigenvalue weighted by molar-refractivity contribution is -0.116. The van der Waals surface area contributed by atoms with Crippen molar-refractivity contribution in [1.82, 2.24) is 8.61 Å². The molecule has 34 heavy (non-hydrogen) atoms. The molecular formula is C23H31N3O6S2. The van der Waals surface area contributed by atoms with Crippen LogP contribution >= 0.6 is 0 Å². The maximum absolute atomic E-state index is 13.2. The van der Waals surface area contributed by atoms with Crippen molar-refractivity contribution in [2.45, 2.75) is 37.6 Å². The molecule has 0 atom stereocenters. The van der Waals surface area contributed by atoms with E-state index in [1.165, 1.54) is 29.6 Å². The molecule has 0 unspecified atom stereocenters. The van der Waals surface area contributed by atoms with Crippen LogP contribution in [0.15, 0.2) is 47.4 Å². The Balaban J connectivity index is 1.79. The normalized spacial score (nSPS) is 15.3. The second kappa shape index (κ2) is 10.9. The number of amides is 1. The van der Waals surface area contributed by atoms with Crippen LogP contribution in [0.5, 0.6) is 5.75 Å². The van der Waals surface area contributed by atoms with Gasteiger partial charge in [0, 0.05) is 25.3 Å². The van der Waals surface area contributed by atoms with Crippen molar-refractivity contribution >= 4 is 31.6 Å². The van der Waals surface area contributed by atoms with Gasteiger partial charge in [-0.1, -0.05) is 36.2 Å². The summed E-state index contributed by atoms with van der Waals surface area (Å²) in [4.78, 5) is 12.7. The van der Waals surface area contributed by atoms with Gasteiger partial charge in [0.15, 0.2) is 0 Å². The van der Waals surface area contributed by atoms with Crippen molar-refractivity contribution in [3.63, 3.8) is 0 Å². The van der Waals surface area contributed by atoms with Crippen LogP contribution in [0.25, 0.3) is 0 Å². The Labute approximate surface area is 201 Å². The minimum absolute atomic E-state index is 0.0330.